The minimum atomic E-state index is -1.61. The molecule has 17 heavy (non-hydrogen) atoms. The minimum absolute atomic E-state index is 0.117. The van der Waals surface area contributed by atoms with Crippen molar-refractivity contribution in [2.45, 2.75) is 9.17 Å². The van der Waals surface area contributed by atoms with Gasteiger partial charge in [0.1, 0.15) is 11.1 Å². The van der Waals surface area contributed by atoms with Crippen molar-refractivity contribution in [1.82, 2.24) is 5.32 Å². The number of halogens is 3. The molecule has 0 fully saturated rings. The summed E-state index contributed by atoms with van der Waals surface area (Å²) in [6.45, 7) is 0. The summed E-state index contributed by atoms with van der Waals surface area (Å²) in [5.74, 6) is -0.608. The number of nitrogens with one attached hydrogen (secondary N) is 1. The van der Waals surface area contributed by atoms with E-state index in [-0.39, 0.29) is 11.3 Å². The van der Waals surface area contributed by atoms with Crippen LogP contribution < -0.4 is 5.32 Å². The van der Waals surface area contributed by atoms with Crippen LogP contribution in [0.3, 0.4) is 0 Å². The van der Waals surface area contributed by atoms with Gasteiger partial charge in [0.2, 0.25) is 3.79 Å². The quantitative estimate of drug-likeness (QED) is 0.665. The molecule has 0 heterocycles. The molecule has 94 valence electrons. The highest BCUT2D eigenvalue weighted by molar-refractivity contribution is 7.99. The largest absolute Gasteiger partial charge is 0.507 e. The van der Waals surface area contributed by atoms with Gasteiger partial charge in [0.25, 0.3) is 5.91 Å². The van der Waals surface area contributed by atoms with Crippen LogP contribution in [0.5, 0.6) is 5.75 Å². The molecular weight excluding hydrogens is 305 g/mol. The zero-order valence-electron chi connectivity index (χ0n) is 8.78. The van der Waals surface area contributed by atoms with E-state index in [2.05, 4.69) is 5.32 Å². The second-order valence-electron chi connectivity index (χ2n) is 3.15. The summed E-state index contributed by atoms with van der Waals surface area (Å²) in [5.41, 5.74) is 0.140. The second kappa shape index (κ2) is 6.05. The van der Waals surface area contributed by atoms with E-state index in [9.17, 15) is 9.90 Å². The molecule has 1 rings (SSSR count). The van der Waals surface area contributed by atoms with Crippen LogP contribution in [0.25, 0.3) is 0 Å². The Balaban J connectivity index is 2.83. The lowest BCUT2D eigenvalue weighted by molar-refractivity contribution is 0.0947. The molecule has 0 saturated carbocycles. The molecule has 0 aliphatic heterocycles. The highest BCUT2D eigenvalue weighted by atomic mass is 35.6. The zero-order valence-corrected chi connectivity index (χ0v) is 11.9. The molecule has 0 radical (unpaired) electrons. The molecule has 0 aromatic heterocycles. The predicted molar refractivity (Wildman–Crippen MR) is 73.2 cm³/mol. The van der Waals surface area contributed by atoms with Crippen LogP contribution in [-0.2, 0) is 0 Å². The molecule has 2 N–H and O–H groups in total. The number of phenols is 1. The first-order valence-electron chi connectivity index (χ1n) is 4.54. The minimum Gasteiger partial charge on any atom is -0.507 e. The number of thioether (sulfide) groups is 1. The first kappa shape index (κ1) is 14.8. The summed E-state index contributed by atoms with van der Waals surface area (Å²) in [7, 11) is 0. The number of hydrogen-bond acceptors (Lipinski definition) is 3. The fourth-order valence-electron chi connectivity index (χ4n) is 1.14. The van der Waals surface area contributed by atoms with Crippen LogP contribution >= 0.6 is 46.6 Å². The molecule has 0 aliphatic carbocycles. The third-order valence-electron chi connectivity index (χ3n) is 1.94. The standard InChI is InChI=1S/C10H10Cl3NO2S/c1-17-9(10(11,12)13)14-8(16)6-4-2-3-5-7(6)15/h2-5,9,15H,1H3,(H,14,16). The Labute approximate surface area is 118 Å². The van der Waals surface area contributed by atoms with E-state index in [1.807, 2.05) is 0 Å². The molecule has 1 aromatic rings. The number of para-hydroxylation sites is 1. The van der Waals surface area contributed by atoms with Crippen molar-refractivity contribution >= 4 is 52.5 Å². The number of benzene rings is 1. The lowest BCUT2D eigenvalue weighted by atomic mass is 10.2. The molecule has 3 nitrogen and oxygen atoms in total. The van der Waals surface area contributed by atoms with Gasteiger partial charge in [-0.05, 0) is 18.4 Å². The molecule has 0 aliphatic rings. The molecule has 0 saturated heterocycles. The van der Waals surface area contributed by atoms with E-state index in [1.54, 1.807) is 18.4 Å². The fraction of sp³-hybridized carbons (Fsp3) is 0.300. The van der Waals surface area contributed by atoms with Crippen molar-refractivity contribution < 1.29 is 9.90 Å². The molecule has 1 aromatic carbocycles. The monoisotopic (exact) mass is 313 g/mol. The number of amides is 1. The van der Waals surface area contributed by atoms with E-state index < -0.39 is 15.1 Å². The SMILES string of the molecule is CSC(NC(=O)c1ccccc1O)C(Cl)(Cl)Cl. The smallest absolute Gasteiger partial charge is 0.256 e. The van der Waals surface area contributed by atoms with Crippen molar-refractivity contribution in [3.8, 4) is 5.75 Å². The van der Waals surface area contributed by atoms with Crippen molar-refractivity contribution in [2.75, 3.05) is 6.26 Å². The van der Waals surface area contributed by atoms with E-state index in [0.717, 1.165) is 0 Å². The summed E-state index contributed by atoms with van der Waals surface area (Å²) < 4.78 is -1.61. The number of phenolic OH excluding ortho intramolecular Hbond substituents is 1. The van der Waals surface area contributed by atoms with Crippen LogP contribution in [0.4, 0.5) is 0 Å². The zero-order chi connectivity index (χ0) is 13.1. The van der Waals surface area contributed by atoms with Crippen LogP contribution in [0.1, 0.15) is 10.4 Å². The number of carbonyl (C=O) groups excluding carboxylic acids is 1. The summed E-state index contributed by atoms with van der Waals surface area (Å²) >= 11 is 18.3. The van der Waals surface area contributed by atoms with Crippen molar-refractivity contribution in [2.24, 2.45) is 0 Å². The number of carbonyl (C=O) groups is 1. The van der Waals surface area contributed by atoms with Gasteiger partial charge < -0.3 is 10.4 Å². The normalized spacial score (nSPS) is 13.2. The van der Waals surface area contributed by atoms with E-state index in [4.69, 9.17) is 34.8 Å². The van der Waals surface area contributed by atoms with Gasteiger partial charge >= 0.3 is 0 Å². The number of alkyl halides is 3. The Morgan fingerprint density at radius 2 is 2.00 bits per heavy atom. The number of aromatic hydroxyl groups is 1. The molecular formula is C10H10Cl3NO2S. The second-order valence-corrected chi connectivity index (χ2v) is 6.46. The Morgan fingerprint density at radius 1 is 1.41 bits per heavy atom. The van der Waals surface area contributed by atoms with E-state index in [0.29, 0.717) is 0 Å². The van der Waals surface area contributed by atoms with Crippen LogP contribution in [0, 0.1) is 0 Å². The maximum atomic E-state index is 11.8. The first-order chi connectivity index (χ1) is 7.86. The lowest BCUT2D eigenvalue weighted by Crippen LogP contribution is -2.41. The summed E-state index contributed by atoms with van der Waals surface area (Å²) in [6, 6.07) is 6.16. The van der Waals surface area contributed by atoms with Gasteiger partial charge in [-0.15, -0.1) is 11.8 Å². The molecule has 0 bridgehead atoms. The topological polar surface area (TPSA) is 49.3 Å². The van der Waals surface area contributed by atoms with Crippen molar-refractivity contribution in [3.63, 3.8) is 0 Å². The van der Waals surface area contributed by atoms with Crippen molar-refractivity contribution in [3.05, 3.63) is 29.8 Å². The van der Waals surface area contributed by atoms with Gasteiger partial charge in [0.15, 0.2) is 0 Å². The van der Waals surface area contributed by atoms with Crippen LogP contribution in [-0.4, -0.2) is 26.4 Å². The number of hydrogen-bond donors (Lipinski definition) is 2. The molecule has 7 heteroatoms. The Kier molecular flexibility index (Phi) is 5.25. The lowest BCUT2D eigenvalue weighted by Gasteiger charge is -2.23. The van der Waals surface area contributed by atoms with Gasteiger partial charge in [-0.3, -0.25) is 4.79 Å². The van der Waals surface area contributed by atoms with Gasteiger partial charge in [-0.1, -0.05) is 46.9 Å². The molecule has 0 spiro atoms. The summed E-state index contributed by atoms with van der Waals surface area (Å²) in [6.07, 6.45) is 1.71. The van der Waals surface area contributed by atoms with Gasteiger partial charge in [0.05, 0.1) is 5.56 Å². The fourth-order valence-corrected chi connectivity index (χ4v) is 2.59. The van der Waals surface area contributed by atoms with E-state index >= 15 is 0 Å². The average Bonchev–Trinajstić information content (AvgIpc) is 2.24. The first-order valence-corrected chi connectivity index (χ1v) is 6.97. The van der Waals surface area contributed by atoms with E-state index in [1.165, 1.54) is 23.9 Å². The van der Waals surface area contributed by atoms with Crippen molar-refractivity contribution in [1.29, 1.82) is 0 Å². The third-order valence-corrected chi connectivity index (χ3v) is 3.93. The van der Waals surface area contributed by atoms with Gasteiger partial charge in [-0.25, -0.2) is 0 Å². The maximum absolute atomic E-state index is 11.8. The van der Waals surface area contributed by atoms with Crippen LogP contribution in [0.15, 0.2) is 24.3 Å². The summed E-state index contributed by atoms with van der Waals surface area (Å²) in [5, 5.41) is 11.3. The molecule has 1 amide bonds. The Hall–Kier alpha value is -0.290. The summed E-state index contributed by atoms with van der Waals surface area (Å²) in [4.78, 5) is 11.8. The molecule has 1 atom stereocenters. The van der Waals surface area contributed by atoms with Gasteiger partial charge in [-0.2, -0.15) is 0 Å². The average molecular weight is 315 g/mol. The molecule has 1 unspecified atom stereocenters. The third kappa shape index (κ3) is 4.14. The number of rotatable bonds is 3. The van der Waals surface area contributed by atoms with Crippen LogP contribution in [0.2, 0.25) is 0 Å². The maximum Gasteiger partial charge on any atom is 0.256 e. The Bertz CT molecular complexity index is 409. The highest BCUT2D eigenvalue weighted by Crippen LogP contribution is 2.35. The predicted octanol–water partition coefficient (Wildman–Crippen LogP) is 3.18. The highest BCUT2D eigenvalue weighted by Gasteiger charge is 2.33. The van der Waals surface area contributed by atoms with Gasteiger partial charge in [0, 0.05) is 0 Å². The Morgan fingerprint density at radius 3 is 2.47 bits per heavy atom.